The van der Waals surface area contributed by atoms with Gasteiger partial charge in [0, 0.05) is 16.1 Å². The first-order valence-electron chi connectivity index (χ1n) is 5.06. The zero-order valence-corrected chi connectivity index (χ0v) is 10.6. The number of rotatable bonds is 1. The number of nitrogens with one attached hydrogen (secondary N) is 1. The molecule has 1 aliphatic rings. The van der Waals surface area contributed by atoms with Gasteiger partial charge in [-0.15, -0.1) is 0 Å². The van der Waals surface area contributed by atoms with Gasteiger partial charge in [0.05, 0.1) is 12.1 Å². The van der Waals surface area contributed by atoms with Crippen molar-refractivity contribution in [2.75, 3.05) is 6.54 Å². The summed E-state index contributed by atoms with van der Waals surface area (Å²) in [7, 11) is 0. The van der Waals surface area contributed by atoms with Gasteiger partial charge in [0.1, 0.15) is 5.84 Å². The molecule has 0 radical (unpaired) electrons. The minimum absolute atomic E-state index is 0.0678. The molecule has 0 spiro atoms. The number of hydrogen-bond donors (Lipinski definition) is 1. The molecule has 1 aromatic carbocycles. The second-order valence-electron chi connectivity index (χ2n) is 3.89. The van der Waals surface area contributed by atoms with Crippen molar-refractivity contribution in [3.05, 3.63) is 33.8 Å². The predicted octanol–water partition coefficient (Wildman–Crippen LogP) is 3.21. The molecule has 2 nitrogen and oxygen atoms in total. The minimum Gasteiger partial charge on any atom is -0.366 e. The van der Waals surface area contributed by atoms with Crippen LogP contribution in [0.5, 0.6) is 0 Å². The lowest BCUT2D eigenvalue weighted by atomic mass is 10.1. The Kier molecular flexibility index (Phi) is 3.16. The SMILES string of the molecule is CC1CN=C(c2c(Br)cccc2C(F)(F)F)N1. The van der Waals surface area contributed by atoms with E-state index in [1.165, 1.54) is 6.07 Å². The molecular weight excluding hydrogens is 297 g/mol. The van der Waals surface area contributed by atoms with E-state index in [9.17, 15) is 13.2 Å². The van der Waals surface area contributed by atoms with E-state index in [4.69, 9.17) is 0 Å². The van der Waals surface area contributed by atoms with Gasteiger partial charge < -0.3 is 5.32 Å². The van der Waals surface area contributed by atoms with Gasteiger partial charge >= 0.3 is 6.18 Å². The Hall–Kier alpha value is -1.04. The summed E-state index contributed by atoms with van der Waals surface area (Å²) in [5.74, 6) is 0.303. The molecular formula is C11H10BrF3N2. The first-order chi connectivity index (χ1) is 7.89. The summed E-state index contributed by atoms with van der Waals surface area (Å²) in [6.07, 6.45) is -4.38. The normalized spacial score (nSPS) is 20.1. The van der Waals surface area contributed by atoms with Gasteiger partial charge in [-0.1, -0.05) is 22.0 Å². The van der Waals surface area contributed by atoms with Crippen molar-refractivity contribution in [2.45, 2.75) is 19.1 Å². The largest absolute Gasteiger partial charge is 0.417 e. The highest BCUT2D eigenvalue weighted by Gasteiger charge is 2.36. The van der Waals surface area contributed by atoms with Crippen molar-refractivity contribution in [2.24, 2.45) is 4.99 Å². The van der Waals surface area contributed by atoms with E-state index >= 15 is 0 Å². The van der Waals surface area contributed by atoms with Gasteiger partial charge in [0.15, 0.2) is 0 Å². The van der Waals surface area contributed by atoms with Crippen molar-refractivity contribution in [1.29, 1.82) is 0 Å². The number of benzene rings is 1. The number of aliphatic imine (C=N–C) groups is 1. The van der Waals surface area contributed by atoms with Crippen LogP contribution in [0.25, 0.3) is 0 Å². The maximum absolute atomic E-state index is 12.9. The molecule has 92 valence electrons. The fourth-order valence-corrected chi connectivity index (χ4v) is 2.26. The molecule has 0 bridgehead atoms. The van der Waals surface area contributed by atoms with Crippen LogP contribution < -0.4 is 5.32 Å². The van der Waals surface area contributed by atoms with Gasteiger partial charge in [0.25, 0.3) is 0 Å². The summed E-state index contributed by atoms with van der Waals surface area (Å²) < 4.78 is 39.0. The monoisotopic (exact) mass is 306 g/mol. The second-order valence-corrected chi connectivity index (χ2v) is 4.75. The first kappa shape index (κ1) is 12.4. The van der Waals surface area contributed by atoms with Crippen LogP contribution in [0.3, 0.4) is 0 Å². The van der Waals surface area contributed by atoms with Gasteiger partial charge in [-0.25, -0.2) is 0 Å². The Morgan fingerprint density at radius 2 is 2.12 bits per heavy atom. The average Bonchev–Trinajstić information content (AvgIpc) is 2.63. The Balaban J connectivity index is 2.52. The van der Waals surface area contributed by atoms with Crippen LogP contribution in [0.15, 0.2) is 27.7 Å². The van der Waals surface area contributed by atoms with Crippen LogP contribution in [-0.4, -0.2) is 18.4 Å². The van der Waals surface area contributed by atoms with Gasteiger partial charge in [-0.3, -0.25) is 4.99 Å². The molecule has 1 unspecified atom stereocenters. The zero-order valence-electron chi connectivity index (χ0n) is 8.98. The topological polar surface area (TPSA) is 24.4 Å². The molecule has 0 fully saturated rings. The zero-order chi connectivity index (χ0) is 12.6. The third kappa shape index (κ3) is 2.46. The lowest BCUT2D eigenvalue weighted by Gasteiger charge is -2.15. The van der Waals surface area contributed by atoms with Gasteiger partial charge in [0.2, 0.25) is 0 Å². The number of nitrogens with zero attached hydrogens (tertiary/aromatic N) is 1. The second kappa shape index (κ2) is 4.33. The standard InChI is InChI=1S/C11H10BrF3N2/c1-6-5-16-10(17-6)9-7(11(13,14)15)3-2-4-8(9)12/h2-4,6H,5H2,1H3,(H,16,17). The fourth-order valence-electron chi connectivity index (χ4n) is 1.71. The van der Waals surface area contributed by atoms with E-state index in [0.29, 0.717) is 16.9 Å². The molecule has 2 rings (SSSR count). The van der Waals surface area contributed by atoms with Crippen molar-refractivity contribution in [1.82, 2.24) is 5.32 Å². The molecule has 1 N–H and O–H groups in total. The maximum Gasteiger partial charge on any atom is 0.417 e. The Morgan fingerprint density at radius 1 is 1.41 bits per heavy atom. The summed E-state index contributed by atoms with van der Waals surface area (Å²) in [6.45, 7) is 2.37. The molecule has 1 aromatic rings. The third-order valence-corrected chi connectivity index (χ3v) is 3.12. The quantitative estimate of drug-likeness (QED) is 0.846. The Morgan fingerprint density at radius 3 is 2.65 bits per heavy atom. The van der Waals surface area contributed by atoms with Crippen LogP contribution in [-0.2, 0) is 6.18 Å². The van der Waals surface area contributed by atoms with Crippen LogP contribution >= 0.6 is 15.9 Å². The van der Waals surface area contributed by atoms with E-state index < -0.39 is 11.7 Å². The smallest absolute Gasteiger partial charge is 0.366 e. The fraction of sp³-hybridized carbons (Fsp3) is 0.364. The molecule has 6 heteroatoms. The lowest BCUT2D eigenvalue weighted by Crippen LogP contribution is -2.29. The highest BCUT2D eigenvalue weighted by molar-refractivity contribution is 9.10. The highest BCUT2D eigenvalue weighted by atomic mass is 79.9. The van der Waals surface area contributed by atoms with E-state index in [0.717, 1.165) is 6.07 Å². The van der Waals surface area contributed by atoms with E-state index in [2.05, 4.69) is 26.2 Å². The van der Waals surface area contributed by atoms with Crippen LogP contribution in [0.4, 0.5) is 13.2 Å². The van der Waals surface area contributed by atoms with Crippen LogP contribution in [0, 0.1) is 0 Å². The molecule has 1 aliphatic heterocycles. The van der Waals surface area contributed by atoms with E-state index in [1.54, 1.807) is 6.07 Å². The van der Waals surface area contributed by atoms with Gasteiger partial charge in [-0.2, -0.15) is 13.2 Å². The maximum atomic E-state index is 12.9. The molecule has 0 saturated carbocycles. The molecule has 0 aromatic heterocycles. The average molecular weight is 307 g/mol. The lowest BCUT2D eigenvalue weighted by molar-refractivity contribution is -0.137. The number of halogens is 4. The summed E-state index contributed by atoms with van der Waals surface area (Å²) >= 11 is 3.15. The Bertz CT molecular complexity index is 468. The molecule has 0 aliphatic carbocycles. The van der Waals surface area contributed by atoms with Crippen molar-refractivity contribution >= 4 is 21.8 Å². The summed E-state index contributed by atoms with van der Waals surface area (Å²) in [6, 6.07) is 4.08. The highest BCUT2D eigenvalue weighted by Crippen LogP contribution is 2.35. The Labute approximate surface area is 105 Å². The first-order valence-corrected chi connectivity index (χ1v) is 5.86. The van der Waals surface area contributed by atoms with Crippen molar-refractivity contribution in [3.8, 4) is 0 Å². The van der Waals surface area contributed by atoms with E-state index in [-0.39, 0.29) is 11.6 Å². The van der Waals surface area contributed by atoms with Gasteiger partial charge in [-0.05, 0) is 19.1 Å². The third-order valence-electron chi connectivity index (χ3n) is 2.46. The summed E-state index contributed by atoms with van der Waals surface area (Å²) in [5, 5.41) is 2.94. The summed E-state index contributed by atoms with van der Waals surface area (Å²) in [5.41, 5.74) is -0.587. The van der Waals surface area contributed by atoms with Crippen molar-refractivity contribution in [3.63, 3.8) is 0 Å². The minimum atomic E-state index is -4.38. The molecule has 0 saturated heterocycles. The molecule has 1 atom stereocenters. The predicted molar refractivity (Wildman–Crippen MR) is 63.1 cm³/mol. The number of alkyl halides is 3. The molecule has 17 heavy (non-hydrogen) atoms. The molecule has 0 amide bonds. The van der Waals surface area contributed by atoms with E-state index in [1.807, 2.05) is 6.92 Å². The molecule has 1 heterocycles. The van der Waals surface area contributed by atoms with Crippen molar-refractivity contribution < 1.29 is 13.2 Å². The summed E-state index contributed by atoms with van der Waals surface area (Å²) in [4.78, 5) is 4.10. The number of hydrogen-bond acceptors (Lipinski definition) is 2. The van der Waals surface area contributed by atoms with Crippen LogP contribution in [0.2, 0.25) is 0 Å². The van der Waals surface area contributed by atoms with Crippen LogP contribution in [0.1, 0.15) is 18.1 Å². The number of amidine groups is 1.